The molecular formula is C21H17Cl2N5O2. The number of halogens is 2. The van der Waals surface area contributed by atoms with Gasteiger partial charge in [-0.15, -0.1) is 0 Å². The highest BCUT2D eigenvalue weighted by Crippen LogP contribution is 2.37. The van der Waals surface area contributed by atoms with E-state index in [-0.39, 0.29) is 0 Å². The van der Waals surface area contributed by atoms with E-state index in [2.05, 4.69) is 24.9 Å². The van der Waals surface area contributed by atoms with Crippen molar-refractivity contribution in [1.29, 1.82) is 0 Å². The van der Waals surface area contributed by atoms with Crippen molar-refractivity contribution in [2.45, 2.75) is 13.5 Å². The van der Waals surface area contributed by atoms with Crippen molar-refractivity contribution in [3.05, 3.63) is 70.6 Å². The quantitative estimate of drug-likeness (QED) is 0.417. The fourth-order valence-electron chi connectivity index (χ4n) is 2.79. The topological polar surface area (TPSA) is 85.8 Å². The van der Waals surface area contributed by atoms with E-state index in [0.29, 0.717) is 39.9 Å². The molecule has 0 saturated heterocycles. The van der Waals surface area contributed by atoms with Crippen molar-refractivity contribution >= 4 is 23.2 Å². The fourth-order valence-corrected chi connectivity index (χ4v) is 3.14. The first kappa shape index (κ1) is 20.1. The van der Waals surface area contributed by atoms with Gasteiger partial charge in [0.15, 0.2) is 0 Å². The first-order chi connectivity index (χ1) is 14.5. The number of aromatic amines is 1. The van der Waals surface area contributed by atoms with Crippen LogP contribution in [0.5, 0.6) is 11.5 Å². The largest absolute Gasteiger partial charge is 0.496 e. The predicted octanol–water partition coefficient (Wildman–Crippen LogP) is 5.13. The van der Waals surface area contributed by atoms with Crippen LogP contribution >= 0.6 is 23.2 Å². The SMILES string of the molecule is COc1cc(OCc2cnc(C)cn2)ccc1-c1nc(-c2ccc(Cl)nc2)[nH]c1Cl. The van der Waals surface area contributed by atoms with Gasteiger partial charge in [-0.3, -0.25) is 9.97 Å². The number of methoxy groups -OCH3 is 1. The number of nitrogens with zero attached hydrogens (tertiary/aromatic N) is 4. The molecule has 7 nitrogen and oxygen atoms in total. The molecule has 0 bridgehead atoms. The number of aryl methyl sites for hydroxylation is 1. The van der Waals surface area contributed by atoms with Crippen LogP contribution in [0.3, 0.4) is 0 Å². The van der Waals surface area contributed by atoms with E-state index >= 15 is 0 Å². The Bertz CT molecular complexity index is 1160. The minimum Gasteiger partial charge on any atom is -0.496 e. The van der Waals surface area contributed by atoms with Gasteiger partial charge in [0.1, 0.15) is 39.9 Å². The second-order valence-electron chi connectivity index (χ2n) is 6.42. The third-order valence-corrected chi connectivity index (χ3v) is 4.81. The Morgan fingerprint density at radius 1 is 1.00 bits per heavy atom. The predicted molar refractivity (Wildman–Crippen MR) is 115 cm³/mol. The first-order valence-corrected chi connectivity index (χ1v) is 9.75. The van der Waals surface area contributed by atoms with Gasteiger partial charge in [0.25, 0.3) is 0 Å². The lowest BCUT2D eigenvalue weighted by Crippen LogP contribution is -2.00. The minimum absolute atomic E-state index is 0.298. The summed E-state index contributed by atoms with van der Waals surface area (Å²) in [5.41, 5.74) is 3.66. The summed E-state index contributed by atoms with van der Waals surface area (Å²) in [6.45, 7) is 2.18. The third-order valence-electron chi connectivity index (χ3n) is 4.31. The number of hydrogen-bond donors (Lipinski definition) is 1. The van der Waals surface area contributed by atoms with E-state index in [1.54, 1.807) is 37.8 Å². The van der Waals surface area contributed by atoms with Crippen LogP contribution < -0.4 is 9.47 Å². The zero-order valence-electron chi connectivity index (χ0n) is 16.2. The van der Waals surface area contributed by atoms with Crippen LogP contribution in [0.15, 0.2) is 48.9 Å². The lowest BCUT2D eigenvalue weighted by molar-refractivity contribution is 0.298. The number of ether oxygens (including phenoxy) is 2. The normalized spacial score (nSPS) is 10.8. The molecule has 0 aliphatic rings. The lowest BCUT2D eigenvalue weighted by Gasteiger charge is -2.11. The molecular weight excluding hydrogens is 425 g/mol. The van der Waals surface area contributed by atoms with Gasteiger partial charge in [-0.1, -0.05) is 23.2 Å². The molecule has 0 atom stereocenters. The molecule has 3 aromatic heterocycles. The Hall–Kier alpha value is -3.16. The molecule has 0 aliphatic heterocycles. The van der Waals surface area contributed by atoms with E-state index < -0.39 is 0 Å². The highest BCUT2D eigenvalue weighted by Gasteiger charge is 2.17. The summed E-state index contributed by atoms with van der Waals surface area (Å²) in [4.78, 5) is 20.3. The van der Waals surface area contributed by atoms with E-state index in [4.69, 9.17) is 32.7 Å². The zero-order chi connectivity index (χ0) is 21.1. The molecule has 0 spiro atoms. The summed E-state index contributed by atoms with van der Waals surface area (Å²) in [5.74, 6) is 1.79. The molecule has 152 valence electrons. The van der Waals surface area contributed by atoms with Crippen LogP contribution in [0.25, 0.3) is 22.6 Å². The Morgan fingerprint density at radius 3 is 2.57 bits per heavy atom. The second-order valence-corrected chi connectivity index (χ2v) is 7.18. The molecule has 9 heteroatoms. The van der Waals surface area contributed by atoms with Crippen molar-refractivity contribution in [2.75, 3.05) is 7.11 Å². The molecule has 0 unspecified atom stereocenters. The summed E-state index contributed by atoms with van der Waals surface area (Å²) in [7, 11) is 1.58. The number of imidazole rings is 1. The number of H-pyrrole nitrogens is 1. The van der Waals surface area contributed by atoms with Gasteiger partial charge in [0.05, 0.1) is 24.7 Å². The summed E-state index contributed by atoms with van der Waals surface area (Å²) in [5, 5.41) is 0.798. The van der Waals surface area contributed by atoms with Crippen LogP contribution in [-0.4, -0.2) is 32.0 Å². The highest BCUT2D eigenvalue weighted by molar-refractivity contribution is 6.32. The Morgan fingerprint density at radius 2 is 1.87 bits per heavy atom. The molecule has 1 N–H and O–H groups in total. The molecule has 30 heavy (non-hydrogen) atoms. The Balaban J connectivity index is 1.58. The molecule has 0 saturated carbocycles. The van der Waals surface area contributed by atoms with Gasteiger partial charge < -0.3 is 14.5 Å². The van der Waals surface area contributed by atoms with Crippen molar-refractivity contribution in [3.8, 4) is 34.1 Å². The smallest absolute Gasteiger partial charge is 0.140 e. The molecule has 3 heterocycles. The van der Waals surface area contributed by atoms with Gasteiger partial charge in [-0.2, -0.15) is 0 Å². The van der Waals surface area contributed by atoms with E-state index in [0.717, 1.165) is 22.5 Å². The summed E-state index contributed by atoms with van der Waals surface area (Å²) in [6.07, 6.45) is 5.02. The van der Waals surface area contributed by atoms with Gasteiger partial charge in [-0.05, 0) is 31.2 Å². The second kappa shape index (κ2) is 8.69. The number of rotatable bonds is 6. The monoisotopic (exact) mass is 441 g/mol. The summed E-state index contributed by atoms with van der Waals surface area (Å²) >= 11 is 12.3. The maximum absolute atomic E-state index is 6.42. The maximum atomic E-state index is 6.42. The number of aromatic nitrogens is 5. The number of benzene rings is 1. The van der Waals surface area contributed by atoms with Crippen LogP contribution in [-0.2, 0) is 6.61 Å². The third kappa shape index (κ3) is 4.37. The van der Waals surface area contributed by atoms with Crippen LogP contribution in [0.2, 0.25) is 10.3 Å². The zero-order valence-corrected chi connectivity index (χ0v) is 17.7. The molecule has 4 aromatic rings. The standard InChI is InChI=1S/C21H17Cl2N5O2/c1-12-8-25-14(10-24-12)11-30-15-4-5-16(17(7-15)29-2)19-20(23)28-21(27-19)13-3-6-18(22)26-9-13/h3-10H,11H2,1-2H3,(H,27,28). The average Bonchev–Trinajstić information content (AvgIpc) is 3.15. The summed E-state index contributed by atoms with van der Waals surface area (Å²) < 4.78 is 11.4. The molecule has 1 aromatic carbocycles. The number of nitrogens with one attached hydrogen (secondary N) is 1. The van der Waals surface area contributed by atoms with Crippen molar-refractivity contribution in [1.82, 2.24) is 24.9 Å². The van der Waals surface area contributed by atoms with Gasteiger partial charge >= 0.3 is 0 Å². The molecule has 4 rings (SSSR count). The van der Waals surface area contributed by atoms with E-state index in [1.807, 2.05) is 25.1 Å². The molecule has 0 aliphatic carbocycles. The van der Waals surface area contributed by atoms with E-state index in [9.17, 15) is 0 Å². The average molecular weight is 442 g/mol. The Labute approximate surface area is 183 Å². The van der Waals surface area contributed by atoms with Gasteiger partial charge in [0, 0.05) is 29.6 Å². The van der Waals surface area contributed by atoms with Gasteiger partial charge in [-0.25, -0.2) is 9.97 Å². The number of hydrogen-bond acceptors (Lipinski definition) is 6. The summed E-state index contributed by atoms with van der Waals surface area (Å²) in [6, 6.07) is 8.97. The van der Waals surface area contributed by atoms with Crippen LogP contribution in [0.4, 0.5) is 0 Å². The molecule has 0 fully saturated rings. The van der Waals surface area contributed by atoms with Crippen LogP contribution in [0, 0.1) is 6.92 Å². The Kier molecular flexibility index (Phi) is 5.83. The molecule has 0 radical (unpaired) electrons. The van der Waals surface area contributed by atoms with Crippen LogP contribution in [0.1, 0.15) is 11.4 Å². The number of pyridine rings is 1. The molecule has 0 amide bonds. The van der Waals surface area contributed by atoms with Gasteiger partial charge in [0.2, 0.25) is 0 Å². The maximum Gasteiger partial charge on any atom is 0.140 e. The minimum atomic E-state index is 0.298. The lowest BCUT2D eigenvalue weighted by atomic mass is 10.1. The highest BCUT2D eigenvalue weighted by atomic mass is 35.5. The van der Waals surface area contributed by atoms with Crippen molar-refractivity contribution < 1.29 is 9.47 Å². The van der Waals surface area contributed by atoms with Crippen molar-refractivity contribution in [3.63, 3.8) is 0 Å². The van der Waals surface area contributed by atoms with E-state index in [1.165, 1.54) is 0 Å². The fraction of sp³-hybridized carbons (Fsp3) is 0.143. The van der Waals surface area contributed by atoms with Crippen molar-refractivity contribution in [2.24, 2.45) is 0 Å². The first-order valence-electron chi connectivity index (χ1n) is 8.99.